The van der Waals surface area contributed by atoms with Gasteiger partial charge in [0.2, 0.25) is 23.8 Å². The van der Waals surface area contributed by atoms with Gasteiger partial charge in [0.05, 0.1) is 18.8 Å². The summed E-state index contributed by atoms with van der Waals surface area (Å²) in [7, 11) is 0. The van der Waals surface area contributed by atoms with E-state index in [-0.39, 0.29) is 29.0 Å². The number of amides is 1. The minimum atomic E-state index is -2.87. The van der Waals surface area contributed by atoms with E-state index in [0.29, 0.717) is 76.5 Å². The molecule has 2 aromatic rings. The first-order valence-electron chi connectivity index (χ1n) is 15.7. The lowest BCUT2D eigenvalue weighted by Crippen LogP contribution is -2.49. The van der Waals surface area contributed by atoms with Crippen molar-refractivity contribution in [1.82, 2.24) is 34.7 Å². The summed E-state index contributed by atoms with van der Waals surface area (Å²) in [5.41, 5.74) is 5.12. The fourth-order valence-corrected chi connectivity index (χ4v) is 5.97. The highest BCUT2D eigenvalue weighted by molar-refractivity contribution is 5.89. The number of carbonyl (C=O) groups excluding carboxylic acids is 2. The zero-order valence-corrected chi connectivity index (χ0v) is 25.8. The van der Waals surface area contributed by atoms with E-state index in [1.165, 1.54) is 6.20 Å². The lowest BCUT2D eigenvalue weighted by Gasteiger charge is -2.39. The number of nitrogens with two attached hydrogens (primary N) is 1. The predicted molar refractivity (Wildman–Crippen MR) is 165 cm³/mol. The number of halogens is 2. The van der Waals surface area contributed by atoms with E-state index >= 15 is 0 Å². The minimum Gasteiger partial charge on any atom is -0.378 e. The number of nitrogen functional groups attached to an aromatic ring is 1. The Morgan fingerprint density at radius 2 is 1.62 bits per heavy atom. The summed E-state index contributed by atoms with van der Waals surface area (Å²) in [6.07, 6.45) is 4.98. The summed E-state index contributed by atoms with van der Waals surface area (Å²) in [4.78, 5) is 54.3. The first-order valence-corrected chi connectivity index (χ1v) is 15.7. The Kier molecular flexibility index (Phi) is 11.2. The van der Waals surface area contributed by atoms with Crippen molar-refractivity contribution in [3.05, 3.63) is 24.0 Å². The van der Waals surface area contributed by atoms with Gasteiger partial charge < -0.3 is 25.2 Å². The number of allylic oxidation sites excluding steroid dienone is 2. The molecular weight excluding hydrogens is 586 g/mol. The molecule has 0 radical (unpaired) electrons. The third kappa shape index (κ3) is 8.66. The van der Waals surface area contributed by atoms with Gasteiger partial charge in [-0.15, -0.1) is 0 Å². The number of hydrogen-bond donors (Lipinski definition) is 1. The van der Waals surface area contributed by atoms with Crippen LogP contribution >= 0.6 is 0 Å². The van der Waals surface area contributed by atoms with Crippen molar-refractivity contribution in [2.75, 3.05) is 87.7 Å². The lowest BCUT2D eigenvalue weighted by molar-refractivity contribution is -0.132. The number of nitrogens with zero attached hydrogens (tertiary/aromatic N) is 9. The van der Waals surface area contributed by atoms with Crippen LogP contribution in [0.15, 0.2) is 18.3 Å². The lowest BCUT2D eigenvalue weighted by atomic mass is 9.95. The van der Waals surface area contributed by atoms with E-state index in [0.717, 1.165) is 45.6 Å². The molecule has 3 aliphatic heterocycles. The van der Waals surface area contributed by atoms with Gasteiger partial charge in [-0.1, -0.05) is 6.08 Å². The highest BCUT2D eigenvalue weighted by Crippen LogP contribution is 2.30. The van der Waals surface area contributed by atoms with Crippen molar-refractivity contribution in [3.8, 4) is 11.4 Å². The highest BCUT2D eigenvalue weighted by Gasteiger charge is 2.28. The molecule has 1 amide bonds. The number of piperazine rings is 1. The number of ether oxygens (including phenoxy) is 1. The maximum atomic E-state index is 13.9. The van der Waals surface area contributed by atoms with Crippen molar-refractivity contribution in [2.24, 2.45) is 5.92 Å². The molecule has 0 aromatic carbocycles. The topological polar surface area (TPSA) is 147 Å². The maximum absolute atomic E-state index is 13.9. The summed E-state index contributed by atoms with van der Waals surface area (Å²) < 4.78 is 33.3. The average Bonchev–Trinajstić information content (AvgIpc) is 3.05. The van der Waals surface area contributed by atoms with Gasteiger partial charge in [-0.25, -0.2) is 18.7 Å². The third-order valence-electron chi connectivity index (χ3n) is 8.50. The summed E-state index contributed by atoms with van der Waals surface area (Å²) in [5.74, 6) is 1.39. The first-order chi connectivity index (χ1) is 21.8. The van der Waals surface area contributed by atoms with Crippen LogP contribution in [-0.4, -0.2) is 119 Å². The molecule has 0 spiro atoms. The number of ketones is 1. The standard InChI is InChI=1S/C30H42F2N10O3/c1-2-4-22(43)5-3-6-24(44)40-9-7-21(8-10-40)20-39-11-13-41(14-12-39)29-36-27(23-19-34-28(33)35-25(23)26(31)32)37-30(38-29)42-15-17-45-18-16-42/h2,4,19,21,26H,3,5-18,20H2,1H3,(H2,33,34,35)/b4-2+. The fraction of sp³-hybridized carbons (Fsp3) is 0.633. The normalized spacial score (nSPS) is 18.7. The van der Waals surface area contributed by atoms with Crippen molar-refractivity contribution in [2.45, 2.75) is 45.5 Å². The van der Waals surface area contributed by atoms with Gasteiger partial charge in [-0.2, -0.15) is 15.0 Å². The molecule has 3 saturated heterocycles. The fourth-order valence-electron chi connectivity index (χ4n) is 5.97. The van der Waals surface area contributed by atoms with Crippen LogP contribution in [0.2, 0.25) is 0 Å². The molecule has 13 nitrogen and oxygen atoms in total. The number of hydrogen-bond acceptors (Lipinski definition) is 12. The van der Waals surface area contributed by atoms with Gasteiger partial charge in [0.25, 0.3) is 6.43 Å². The number of likely N-dealkylation sites (tertiary alicyclic amines) is 1. The number of carbonyl (C=O) groups is 2. The molecule has 5 heterocycles. The van der Waals surface area contributed by atoms with E-state index in [1.807, 2.05) is 16.7 Å². The van der Waals surface area contributed by atoms with E-state index < -0.39 is 12.1 Å². The SMILES string of the molecule is C/C=C/C(=O)CCCC(=O)N1CCC(CN2CCN(c3nc(-c4cnc(N)nc4C(F)F)nc(N4CCOCC4)n3)CC2)CC1. The Balaban J connectivity index is 1.18. The summed E-state index contributed by atoms with van der Waals surface area (Å²) in [6, 6.07) is 0. The van der Waals surface area contributed by atoms with Gasteiger partial charge in [-0.05, 0) is 38.2 Å². The van der Waals surface area contributed by atoms with Crippen molar-refractivity contribution in [3.63, 3.8) is 0 Å². The highest BCUT2D eigenvalue weighted by atomic mass is 19.3. The second-order valence-corrected chi connectivity index (χ2v) is 11.6. The molecule has 244 valence electrons. The molecule has 45 heavy (non-hydrogen) atoms. The quantitative estimate of drug-likeness (QED) is 0.365. The monoisotopic (exact) mass is 628 g/mol. The largest absolute Gasteiger partial charge is 0.378 e. The molecule has 2 aromatic heterocycles. The molecular formula is C30H42F2N10O3. The Bertz CT molecular complexity index is 1340. The molecule has 0 bridgehead atoms. The first kappa shape index (κ1) is 32.5. The predicted octanol–water partition coefficient (Wildman–Crippen LogP) is 2.36. The van der Waals surface area contributed by atoms with Gasteiger partial charge in [-0.3, -0.25) is 14.5 Å². The van der Waals surface area contributed by atoms with Gasteiger partial charge >= 0.3 is 0 Å². The smallest absolute Gasteiger partial charge is 0.281 e. The van der Waals surface area contributed by atoms with Gasteiger partial charge in [0, 0.05) is 77.9 Å². The van der Waals surface area contributed by atoms with Crippen molar-refractivity contribution in [1.29, 1.82) is 0 Å². The van der Waals surface area contributed by atoms with Crippen molar-refractivity contribution >= 4 is 29.5 Å². The zero-order chi connectivity index (χ0) is 31.8. The van der Waals surface area contributed by atoms with Gasteiger partial charge in [0.15, 0.2) is 11.6 Å². The Morgan fingerprint density at radius 3 is 2.27 bits per heavy atom. The molecule has 0 unspecified atom stereocenters. The van der Waals surface area contributed by atoms with Crippen molar-refractivity contribution < 1.29 is 23.1 Å². The number of alkyl halides is 2. The molecule has 15 heteroatoms. The maximum Gasteiger partial charge on any atom is 0.281 e. The molecule has 3 aliphatic rings. The Labute approximate surface area is 261 Å². The van der Waals surface area contributed by atoms with Crippen LogP contribution in [-0.2, 0) is 14.3 Å². The second kappa shape index (κ2) is 15.4. The van der Waals surface area contributed by atoms with E-state index in [1.54, 1.807) is 12.2 Å². The van der Waals surface area contributed by atoms with Crippen LogP contribution < -0.4 is 15.5 Å². The van der Waals surface area contributed by atoms with Crippen LogP contribution in [0.1, 0.15) is 51.1 Å². The Morgan fingerprint density at radius 1 is 0.956 bits per heavy atom. The van der Waals surface area contributed by atoms with E-state index in [9.17, 15) is 18.4 Å². The molecule has 0 saturated carbocycles. The number of aromatic nitrogens is 5. The van der Waals surface area contributed by atoms with E-state index in [2.05, 4.69) is 29.7 Å². The van der Waals surface area contributed by atoms with Crippen LogP contribution in [0, 0.1) is 5.92 Å². The summed E-state index contributed by atoms with van der Waals surface area (Å²) in [6.45, 7) is 9.43. The molecule has 0 atom stereocenters. The summed E-state index contributed by atoms with van der Waals surface area (Å²) in [5, 5.41) is 0. The van der Waals surface area contributed by atoms with Gasteiger partial charge in [0.1, 0.15) is 5.69 Å². The molecule has 0 aliphatic carbocycles. The molecule has 3 fully saturated rings. The molecule has 2 N–H and O–H groups in total. The number of piperidine rings is 1. The molecule has 5 rings (SSSR count). The number of morpholine rings is 1. The average molecular weight is 629 g/mol. The minimum absolute atomic E-state index is 0.0305. The third-order valence-corrected chi connectivity index (χ3v) is 8.50. The zero-order valence-electron chi connectivity index (χ0n) is 25.8. The van der Waals surface area contributed by atoms with Crippen LogP contribution in [0.25, 0.3) is 11.4 Å². The number of rotatable bonds is 11. The number of anilines is 3. The van der Waals surface area contributed by atoms with Crippen LogP contribution in [0.5, 0.6) is 0 Å². The van der Waals surface area contributed by atoms with Crippen LogP contribution in [0.3, 0.4) is 0 Å². The second-order valence-electron chi connectivity index (χ2n) is 11.6. The summed E-state index contributed by atoms with van der Waals surface area (Å²) >= 11 is 0. The Hall–Kier alpha value is -3.85. The van der Waals surface area contributed by atoms with Crippen LogP contribution in [0.4, 0.5) is 26.6 Å². The van der Waals surface area contributed by atoms with E-state index in [4.69, 9.17) is 15.5 Å².